The SMILES string of the molecule is O=C(O)CCSCCCCCCCCCCS. The first-order valence-corrected chi connectivity index (χ1v) is 8.46. The molecule has 102 valence electrons. The van der Waals surface area contributed by atoms with Crippen LogP contribution in [0.3, 0.4) is 0 Å². The first kappa shape index (κ1) is 17.2. The highest BCUT2D eigenvalue weighted by Gasteiger charge is 1.96. The molecule has 0 aliphatic carbocycles. The zero-order valence-corrected chi connectivity index (χ0v) is 12.4. The number of carboxylic acid groups (broad SMARTS) is 1. The Labute approximate surface area is 115 Å². The van der Waals surface area contributed by atoms with Crippen LogP contribution in [-0.2, 0) is 4.79 Å². The molecule has 0 radical (unpaired) electrons. The molecule has 0 aliphatic rings. The van der Waals surface area contributed by atoms with Gasteiger partial charge in [-0.25, -0.2) is 0 Å². The second-order valence-electron chi connectivity index (χ2n) is 4.31. The largest absolute Gasteiger partial charge is 0.481 e. The Hall–Kier alpha value is 0.170. The normalized spacial score (nSPS) is 10.6. The molecule has 0 rings (SSSR count). The number of thiol groups is 1. The maximum atomic E-state index is 10.3. The summed E-state index contributed by atoms with van der Waals surface area (Å²) in [5.74, 6) is 2.22. The second kappa shape index (κ2) is 14.2. The fourth-order valence-corrected chi connectivity index (χ4v) is 2.79. The van der Waals surface area contributed by atoms with E-state index in [9.17, 15) is 4.79 Å². The average molecular weight is 278 g/mol. The Kier molecular flexibility index (Phi) is 14.4. The Morgan fingerprint density at radius 2 is 1.41 bits per heavy atom. The molecule has 0 unspecified atom stereocenters. The van der Waals surface area contributed by atoms with Gasteiger partial charge in [0, 0.05) is 5.75 Å². The van der Waals surface area contributed by atoms with E-state index in [2.05, 4.69) is 12.6 Å². The molecule has 0 saturated carbocycles. The summed E-state index contributed by atoms with van der Waals surface area (Å²) >= 11 is 5.96. The molecule has 0 aromatic heterocycles. The fraction of sp³-hybridized carbons (Fsp3) is 0.923. The zero-order chi connectivity index (χ0) is 12.8. The summed E-state index contributed by atoms with van der Waals surface area (Å²) in [6.07, 6.45) is 10.8. The minimum absolute atomic E-state index is 0.301. The van der Waals surface area contributed by atoms with Crippen LogP contribution in [0.2, 0.25) is 0 Å². The van der Waals surface area contributed by atoms with Crippen molar-refractivity contribution in [3.8, 4) is 0 Å². The molecule has 0 aromatic rings. The van der Waals surface area contributed by atoms with Crippen LogP contribution >= 0.6 is 24.4 Å². The van der Waals surface area contributed by atoms with E-state index < -0.39 is 5.97 Å². The average Bonchev–Trinajstić information content (AvgIpc) is 2.30. The molecule has 0 bridgehead atoms. The van der Waals surface area contributed by atoms with Gasteiger partial charge in [-0.2, -0.15) is 24.4 Å². The molecule has 0 atom stereocenters. The summed E-state index contributed by atoms with van der Waals surface area (Å²) in [5, 5.41) is 8.46. The van der Waals surface area contributed by atoms with Crippen molar-refractivity contribution in [2.45, 2.75) is 57.8 Å². The van der Waals surface area contributed by atoms with Crippen LogP contribution in [0.15, 0.2) is 0 Å². The number of carboxylic acids is 1. The van der Waals surface area contributed by atoms with E-state index in [1.807, 2.05) is 0 Å². The van der Waals surface area contributed by atoms with Gasteiger partial charge in [0.05, 0.1) is 6.42 Å². The minimum Gasteiger partial charge on any atom is -0.481 e. The van der Waals surface area contributed by atoms with E-state index in [0.29, 0.717) is 6.42 Å². The molecule has 2 nitrogen and oxygen atoms in total. The lowest BCUT2D eigenvalue weighted by molar-refractivity contribution is -0.136. The van der Waals surface area contributed by atoms with Gasteiger partial charge in [0.25, 0.3) is 0 Å². The molecule has 0 aromatic carbocycles. The highest BCUT2D eigenvalue weighted by Crippen LogP contribution is 2.11. The Bertz CT molecular complexity index is 175. The number of thioether (sulfide) groups is 1. The third-order valence-electron chi connectivity index (χ3n) is 2.66. The number of hydrogen-bond acceptors (Lipinski definition) is 3. The van der Waals surface area contributed by atoms with Crippen LogP contribution < -0.4 is 0 Å². The van der Waals surface area contributed by atoms with Gasteiger partial charge < -0.3 is 5.11 Å². The van der Waals surface area contributed by atoms with Gasteiger partial charge in [-0.15, -0.1) is 0 Å². The molecule has 4 heteroatoms. The minimum atomic E-state index is -0.682. The van der Waals surface area contributed by atoms with E-state index in [1.54, 1.807) is 11.8 Å². The van der Waals surface area contributed by atoms with Crippen LogP contribution in [0.5, 0.6) is 0 Å². The van der Waals surface area contributed by atoms with E-state index >= 15 is 0 Å². The predicted molar refractivity (Wildman–Crippen MR) is 80.4 cm³/mol. The van der Waals surface area contributed by atoms with Gasteiger partial charge in [0.15, 0.2) is 0 Å². The molecular formula is C13H26O2S2. The first-order chi connectivity index (χ1) is 8.27. The van der Waals surface area contributed by atoms with Crippen LogP contribution in [0.4, 0.5) is 0 Å². The summed E-state index contributed by atoms with van der Waals surface area (Å²) in [6, 6.07) is 0. The number of hydrogen-bond donors (Lipinski definition) is 2. The number of rotatable bonds is 13. The standard InChI is InChI=1S/C13H26O2S2/c14-13(15)9-12-17-11-8-6-4-2-1-3-5-7-10-16/h16H,1-12H2,(H,14,15). The number of carbonyl (C=O) groups is 1. The molecule has 0 aliphatic heterocycles. The van der Waals surface area contributed by atoms with E-state index in [1.165, 1.54) is 51.4 Å². The quantitative estimate of drug-likeness (QED) is 0.391. The van der Waals surface area contributed by atoms with Gasteiger partial charge in [0.2, 0.25) is 0 Å². The first-order valence-electron chi connectivity index (χ1n) is 6.67. The highest BCUT2D eigenvalue weighted by molar-refractivity contribution is 7.99. The molecule has 0 heterocycles. The summed E-state index contributed by atoms with van der Waals surface area (Å²) in [7, 11) is 0. The predicted octanol–water partition coefficient (Wildman–Crippen LogP) is 4.24. The van der Waals surface area contributed by atoms with Crippen molar-refractivity contribution in [2.24, 2.45) is 0 Å². The molecule has 0 saturated heterocycles. The van der Waals surface area contributed by atoms with Crippen molar-refractivity contribution in [1.82, 2.24) is 0 Å². The Morgan fingerprint density at radius 3 is 1.94 bits per heavy atom. The monoisotopic (exact) mass is 278 g/mol. The van der Waals surface area contributed by atoms with Gasteiger partial charge in [-0.3, -0.25) is 4.79 Å². The van der Waals surface area contributed by atoms with E-state index in [0.717, 1.165) is 17.3 Å². The van der Waals surface area contributed by atoms with E-state index in [4.69, 9.17) is 5.11 Å². The summed E-state index contributed by atoms with van der Waals surface area (Å²) < 4.78 is 0. The van der Waals surface area contributed by atoms with Crippen molar-refractivity contribution >= 4 is 30.4 Å². The molecule has 0 spiro atoms. The molecule has 17 heavy (non-hydrogen) atoms. The van der Waals surface area contributed by atoms with Crippen molar-refractivity contribution in [3.63, 3.8) is 0 Å². The summed E-state index contributed by atoms with van der Waals surface area (Å²) in [5.41, 5.74) is 0. The van der Waals surface area contributed by atoms with Gasteiger partial charge in [-0.1, -0.05) is 38.5 Å². The van der Waals surface area contributed by atoms with Crippen LogP contribution in [0, 0.1) is 0 Å². The van der Waals surface area contributed by atoms with Gasteiger partial charge >= 0.3 is 5.97 Å². The van der Waals surface area contributed by atoms with Crippen molar-refractivity contribution in [3.05, 3.63) is 0 Å². The van der Waals surface area contributed by atoms with Crippen molar-refractivity contribution < 1.29 is 9.90 Å². The topological polar surface area (TPSA) is 37.3 Å². The molecule has 1 N–H and O–H groups in total. The Balaban J connectivity index is 2.91. The smallest absolute Gasteiger partial charge is 0.304 e. The maximum Gasteiger partial charge on any atom is 0.304 e. The van der Waals surface area contributed by atoms with Gasteiger partial charge in [0.1, 0.15) is 0 Å². The third kappa shape index (κ3) is 16.2. The van der Waals surface area contributed by atoms with Crippen molar-refractivity contribution in [1.29, 1.82) is 0 Å². The lowest BCUT2D eigenvalue weighted by atomic mass is 10.1. The van der Waals surface area contributed by atoms with E-state index in [-0.39, 0.29) is 0 Å². The highest BCUT2D eigenvalue weighted by atomic mass is 32.2. The van der Waals surface area contributed by atoms with Crippen LogP contribution in [0.1, 0.15) is 57.8 Å². The number of aliphatic carboxylic acids is 1. The third-order valence-corrected chi connectivity index (χ3v) is 4.04. The van der Waals surface area contributed by atoms with Crippen LogP contribution in [-0.4, -0.2) is 28.3 Å². The maximum absolute atomic E-state index is 10.3. The molecule has 0 fully saturated rings. The lowest BCUT2D eigenvalue weighted by Gasteiger charge is -2.02. The van der Waals surface area contributed by atoms with Crippen LogP contribution in [0.25, 0.3) is 0 Å². The number of unbranched alkanes of at least 4 members (excludes halogenated alkanes) is 7. The summed E-state index contributed by atoms with van der Waals surface area (Å²) in [4.78, 5) is 10.3. The summed E-state index contributed by atoms with van der Waals surface area (Å²) in [6.45, 7) is 0. The fourth-order valence-electron chi connectivity index (χ4n) is 1.64. The second-order valence-corrected chi connectivity index (χ2v) is 5.98. The molecular weight excluding hydrogens is 252 g/mol. The zero-order valence-electron chi connectivity index (χ0n) is 10.7. The van der Waals surface area contributed by atoms with Gasteiger partial charge in [-0.05, 0) is 24.3 Å². The molecule has 0 amide bonds. The Morgan fingerprint density at radius 1 is 0.882 bits per heavy atom. The van der Waals surface area contributed by atoms with Crippen molar-refractivity contribution in [2.75, 3.05) is 17.3 Å². The lowest BCUT2D eigenvalue weighted by Crippen LogP contribution is -1.96.